The third-order valence-electron chi connectivity index (χ3n) is 5.00. The molecule has 1 heterocycles. The summed E-state index contributed by atoms with van der Waals surface area (Å²) in [5, 5.41) is 2.66. The van der Waals surface area contributed by atoms with E-state index in [1.165, 1.54) is 19.3 Å². The summed E-state index contributed by atoms with van der Waals surface area (Å²) in [6.07, 6.45) is 7.89. The minimum Gasteiger partial charge on any atom is -0.357 e. The molecule has 1 aliphatic heterocycles. The molecular weight excluding hydrogens is 254 g/mol. The van der Waals surface area contributed by atoms with Crippen molar-refractivity contribution >= 4 is 11.8 Å². The molecule has 1 saturated heterocycles. The highest BCUT2D eigenvalue weighted by Gasteiger charge is 2.39. The van der Waals surface area contributed by atoms with E-state index in [0.29, 0.717) is 19.5 Å². The van der Waals surface area contributed by atoms with Gasteiger partial charge in [-0.1, -0.05) is 19.3 Å². The second kappa shape index (κ2) is 6.57. The Morgan fingerprint density at radius 2 is 1.95 bits per heavy atom. The van der Waals surface area contributed by atoms with Gasteiger partial charge in [0.2, 0.25) is 11.8 Å². The largest absolute Gasteiger partial charge is 0.357 e. The number of carbonyl (C=O) groups is 2. The van der Waals surface area contributed by atoms with Crippen molar-refractivity contribution in [1.29, 1.82) is 0 Å². The molecule has 20 heavy (non-hydrogen) atoms. The van der Waals surface area contributed by atoms with Crippen LogP contribution in [0.1, 0.15) is 51.4 Å². The Kier molecular flexibility index (Phi) is 5.02. The van der Waals surface area contributed by atoms with E-state index in [1.807, 2.05) is 0 Å². The zero-order chi connectivity index (χ0) is 14.6. The van der Waals surface area contributed by atoms with Gasteiger partial charge in [0.15, 0.2) is 0 Å². The normalized spacial score (nSPS) is 25.5. The topological polar surface area (TPSA) is 75.4 Å². The van der Waals surface area contributed by atoms with E-state index in [2.05, 4.69) is 5.32 Å². The minimum atomic E-state index is -0.272. The molecule has 2 aliphatic rings. The van der Waals surface area contributed by atoms with Crippen molar-refractivity contribution in [2.45, 2.75) is 57.4 Å². The first-order valence-electron chi connectivity index (χ1n) is 7.83. The summed E-state index contributed by atoms with van der Waals surface area (Å²) in [6, 6.07) is -0.272. The number of likely N-dealkylation sites (tertiary alicyclic amines) is 1. The first-order chi connectivity index (χ1) is 9.62. The second-order valence-corrected chi connectivity index (χ2v) is 6.30. The molecule has 5 nitrogen and oxygen atoms in total. The van der Waals surface area contributed by atoms with Gasteiger partial charge in [0, 0.05) is 20.0 Å². The SMILES string of the molecule is CNC(=O)C1CCCN1C(=O)CC1(CN)CCCCC1. The van der Waals surface area contributed by atoms with Gasteiger partial charge in [-0.2, -0.15) is 0 Å². The molecule has 0 aromatic heterocycles. The zero-order valence-corrected chi connectivity index (χ0v) is 12.5. The third kappa shape index (κ3) is 3.14. The summed E-state index contributed by atoms with van der Waals surface area (Å²) < 4.78 is 0. The maximum atomic E-state index is 12.6. The van der Waals surface area contributed by atoms with Gasteiger partial charge < -0.3 is 16.0 Å². The average molecular weight is 281 g/mol. The van der Waals surface area contributed by atoms with Gasteiger partial charge in [-0.25, -0.2) is 0 Å². The molecule has 1 saturated carbocycles. The lowest BCUT2D eigenvalue weighted by Gasteiger charge is -2.37. The summed E-state index contributed by atoms with van der Waals surface area (Å²) in [7, 11) is 1.63. The molecule has 2 rings (SSSR count). The minimum absolute atomic E-state index is 0.0227. The predicted molar refractivity (Wildman–Crippen MR) is 78.0 cm³/mol. The van der Waals surface area contributed by atoms with Crippen molar-refractivity contribution in [3.05, 3.63) is 0 Å². The lowest BCUT2D eigenvalue weighted by molar-refractivity contribution is -0.140. The van der Waals surface area contributed by atoms with Crippen molar-refractivity contribution in [2.75, 3.05) is 20.1 Å². The number of likely N-dealkylation sites (N-methyl/N-ethyl adjacent to an activating group) is 1. The number of nitrogens with two attached hydrogens (primary N) is 1. The number of nitrogens with zero attached hydrogens (tertiary/aromatic N) is 1. The molecule has 2 fully saturated rings. The van der Waals surface area contributed by atoms with Gasteiger partial charge in [-0.3, -0.25) is 9.59 Å². The van der Waals surface area contributed by atoms with Crippen LogP contribution in [0.3, 0.4) is 0 Å². The molecule has 0 aromatic rings. The first-order valence-corrected chi connectivity index (χ1v) is 7.83. The molecule has 5 heteroatoms. The van der Waals surface area contributed by atoms with Gasteiger partial charge in [0.05, 0.1) is 0 Å². The molecule has 0 bridgehead atoms. The van der Waals surface area contributed by atoms with Crippen molar-refractivity contribution in [1.82, 2.24) is 10.2 Å². The van der Waals surface area contributed by atoms with E-state index in [-0.39, 0.29) is 23.3 Å². The van der Waals surface area contributed by atoms with Gasteiger partial charge >= 0.3 is 0 Å². The number of hydrogen-bond donors (Lipinski definition) is 2. The Morgan fingerprint density at radius 1 is 1.25 bits per heavy atom. The van der Waals surface area contributed by atoms with E-state index in [9.17, 15) is 9.59 Å². The Morgan fingerprint density at radius 3 is 2.55 bits per heavy atom. The van der Waals surface area contributed by atoms with Crippen molar-refractivity contribution in [2.24, 2.45) is 11.1 Å². The molecule has 0 aromatic carbocycles. The lowest BCUT2D eigenvalue weighted by Crippen LogP contribution is -2.47. The van der Waals surface area contributed by atoms with Crippen molar-refractivity contribution in [3.63, 3.8) is 0 Å². The quantitative estimate of drug-likeness (QED) is 0.808. The fraction of sp³-hybridized carbons (Fsp3) is 0.867. The van der Waals surface area contributed by atoms with Gasteiger partial charge in [0.25, 0.3) is 0 Å². The number of nitrogens with one attached hydrogen (secondary N) is 1. The summed E-state index contributed by atoms with van der Waals surface area (Å²) >= 11 is 0. The monoisotopic (exact) mass is 281 g/mol. The van der Waals surface area contributed by atoms with Gasteiger partial charge in [0.1, 0.15) is 6.04 Å². The fourth-order valence-electron chi connectivity index (χ4n) is 3.68. The van der Waals surface area contributed by atoms with E-state index in [1.54, 1.807) is 11.9 Å². The maximum Gasteiger partial charge on any atom is 0.242 e. The number of hydrogen-bond acceptors (Lipinski definition) is 3. The Hall–Kier alpha value is -1.10. The Balaban J connectivity index is 2.01. The van der Waals surface area contributed by atoms with Crippen molar-refractivity contribution in [3.8, 4) is 0 Å². The highest BCUT2D eigenvalue weighted by Crippen LogP contribution is 2.39. The van der Waals surface area contributed by atoms with Crippen LogP contribution in [0.2, 0.25) is 0 Å². The number of amides is 2. The summed E-state index contributed by atoms with van der Waals surface area (Å²) in [6.45, 7) is 1.29. The third-order valence-corrected chi connectivity index (χ3v) is 5.00. The molecule has 1 aliphatic carbocycles. The summed E-state index contributed by atoms with van der Waals surface area (Å²) in [4.78, 5) is 26.2. The maximum absolute atomic E-state index is 12.6. The average Bonchev–Trinajstić information content (AvgIpc) is 2.97. The van der Waals surface area contributed by atoms with Crippen molar-refractivity contribution < 1.29 is 9.59 Å². The van der Waals surface area contributed by atoms with E-state index >= 15 is 0 Å². The lowest BCUT2D eigenvalue weighted by atomic mass is 9.71. The van der Waals surface area contributed by atoms with Crippen LogP contribution in [-0.4, -0.2) is 42.9 Å². The Bertz CT molecular complexity index is 364. The molecule has 1 atom stereocenters. The Labute approximate surface area is 121 Å². The van der Waals surface area contributed by atoms with Crippen LogP contribution in [0, 0.1) is 5.41 Å². The molecule has 1 unspecified atom stereocenters. The fourth-order valence-corrected chi connectivity index (χ4v) is 3.68. The standard InChI is InChI=1S/C15H27N3O2/c1-17-14(20)12-6-5-9-18(12)13(19)10-15(11-16)7-3-2-4-8-15/h12H,2-11,16H2,1H3,(H,17,20). The summed E-state index contributed by atoms with van der Waals surface area (Å²) in [5.74, 6) is 0.0738. The van der Waals surface area contributed by atoms with Crippen LogP contribution in [0.25, 0.3) is 0 Å². The second-order valence-electron chi connectivity index (χ2n) is 6.30. The number of rotatable bonds is 4. The molecule has 2 amide bonds. The highest BCUT2D eigenvalue weighted by molar-refractivity contribution is 5.88. The highest BCUT2D eigenvalue weighted by atomic mass is 16.2. The van der Waals surface area contributed by atoms with Gasteiger partial charge in [-0.05, 0) is 37.6 Å². The molecule has 0 radical (unpaired) electrons. The van der Waals surface area contributed by atoms with Crippen LogP contribution in [0.15, 0.2) is 0 Å². The zero-order valence-electron chi connectivity index (χ0n) is 12.5. The van der Waals surface area contributed by atoms with Crippen LogP contribution in [-0.2, 0) is 9.59 Å². The van der Waals surface area contributed by atoms with E-state index in [4.69, 9.17) is 5.73 Å². The van der Waals surface area contributed by atoms with Crippen LogP contribution < -0.4 is 11.1 Å². The van der Waals surface area contributed by atoms with E-state index in [0.717, 1.165) is 25.7 Å². The van der Waals surface area contributed by atoms with Crippen LogP contribution in [0.4, 0.5) is 0 Å². The molecule has 3 N–H and O–H groups in total. The van der Waals surface area contributed by atoms with Gasteiger partial charge in [-0.15, -0.1) is 0 Å². The smallest absolute Gasteiger partial charge is 0.242 e. The van der Waals surface area contributed by atoms with Crippen LogP contribution >= 0.6 is 0 Å². The molecule has 114 valence electrons. The van der Waals surface area contributed by atoms with Crippen LogP contribution in [0.5, 0.6) is 0 Å². The first kappa shape index (κ1) is 15.3. The predicted octanol–water partition coefficient (Wildman–Crippen LogP) is 1.02. The molecular formula is C15H27N3O2. The molecule has 0 spiro atoms. The number of carbonyl (C=O) groups excluding carboxylic acids is 2. The summed E-state index contributed by atoms with van der Waals surface area (Å²) in [5.41, 5.74) is 5.93. The van der Waals surface area contributed by atoms with E-state index < -0.39 is 0 Å².